The maximum absolute atomic E-state index is 6.42. The van der Waals surface area contributed by atoms with Gasteiger partial charge in [-0.1, -0.05) is 12.1 Å². The van der Waals surface area contributed by atoms with Crippen LogP contribution in [-0.4, -0.2) is 22.4 Å². The van der Waals surface area contributed by atoms with E-state index >= 15 is 0 Å². The van der Waals surface area contributed by atoms with Gasteiger partial charge in [0.2, 0.25) is 0 Å². The number of methoxy groups -OCH3 is 1. The Bertz CT molecular complexity index is 543. The molecule has 0 spiro atoms. The predicted molar refractivity (Wildman–Crippen MR) is 80.8 cm³/mol. The third-order valence-electron chi connectivity index (χ3n) is 3.51. The minimum Gasteiger partial charge on any atom is -0.497 e. The number of hydrogen-bond acceptors (Lipinski definition) is 3. The van der Waals surface area contributed by atoms with Crippen LogP contribution in [-0.2, 0) is 19.9 Å². The van der Waals surface area contributed by atoms with Crippen molar-refractivity contribution in [2.24, 2.45) is 12.8 Å². The minimum absolute atomic E-state index is 0.218. The fraction of sp³-hybridized carbons (Fsp3) is 0.438. The van der Waals surface area contributed by atoms with E-state index in [1.165, 1.54) is 11.1 Å². The molecule has 2 aromatic rings. The average molecular weight is 273 g/mol. The lowest BCUT2D eigenvalue weighted by Gasteiger charge is -2.24. The molecule has 0 radical (unpaired) electrons. The molecule has 2 N–H and O–H groups in total. The topological polar surface area (TPSA) is 53.1 Å². The number of ether oxygens (including phenoxy) is 1. The largest absolute Gasteiger partial charge is 0.497 e. The van der Waals surface area contributed by atoms with Gasteiger partial charge in [-0.2, -0.15) is 5.10 Å². The Labute approximate surface area is 120 Å². The van der Waals surface area contributed by atoms with Crippen molar-refractivity contribution in [1.82, 2.24) is 9.78 Å². The second-order valence-electron chi connectivity index (χ2n) is 5.70. The Kier molecular flexibility index (Phi) is 4.45. The summed E-state index contributed by atoms with van der Waals surface area (Å²) >= 11 is 0. The first-order valence-corrected chi connectivity index (χ1v) is 6.88. The molecule has 0 aliphatic carbocycles. The minimum atomic E-state index is -0.218. The fourth-order valence-corrected chi connectivity index (χ4v) is 2.33. The van der Waals surface area contributed by atoms with Crippen LogP contribution >= 0.6 is 0 Å². The molecule has 108 valence electrons. The van der Waals surface area contributed by atoms with E-state index in [1.807, 2.05) is 36.3 Å². The van der Waals surface area contributed by atoms with E-state index in [-0.39, 0.29) is 5.54 Å². The summed E-state index contributed by atoms with van der Waals surface area (Å²) in [6.07, 6.45) is 6.70. The monoisotopic (exact) mass is 273 g/mol. The maximum atomic E-state index is 6.42. The number of aryl methyl sites for hydroxylation is 2. The highest BCUT2D eigenvalue weighted by Crippen LogP contribution is 2.19. The molecular weight excluding hydrogens is 250 g/mol. The van der Waals surface area contributed by atoms with E-state index in [2.05, 4.69) is 24.2 Å². The van der Waals surface area contributed by atoms with Crippen molar-refractivity contribution in [2.75, 3.05) is 7.11 Å². The average Bonchev–Trinajstić information content (AvgIpc) is 2.83. The molecule has 1 aromatic carbocycles. The summed E-state index contributed by atoms with van der Waals surface area (Å²) in [5.41, 5.74) is 8.67. The van der Waals surface area contributed by atoms with Crippen LogP contribution in [0, 0.1) is 0 Å². The predicted octanol–water partition coefficient (Wildman–Crippen LogP) is 2.32. The lowest BCUT2D eigenvalue weighted by Crippen LogP contribution is -2.39. The van der Waals surface area contributed by atoms with E-state index in [0.29, 0.717) is 0 Å². The molecule has 1 unspecified atom stereocenters. The molecule has 4 heteroatoms. The maximum Gasteiger partial charge on any atom is 0.118 e. The lowest BCUT2D eigenvalue weighted by molar-refractivity contribution is 0.412. The Morgan fingerprint density at radius 3 is 2.50 bits per heavy atom. The van der Waals surface area contributed by atoms with Crippen molar-refractivity contribution >= 4 is 0 Å². The van der Waals surface area contributed by atoms with Gasteiger partial charge in [-0.05, 0) is 49.4 Å². The Hall–Kier alpha value is -1.81. The molecule has 2 rings (SSSR count). The summed E-state index contributed by atoms with van der Waals surface area (Å²) in [5.74, 6) is 0.878. The SMILES string of the molecule is COc1ccc(CC(C)(N)CCc2cnn(C)c2)cc1. The summed E-state index contributed by atoms with van der Waals surface area (Å²) in [6.45, 7) is 2.10. The van der Waals surface area contributed by atoms with Crippen LogP contribution in [0.15, 0.2) is 36.7 Å². The molecule has 0 amide bonds. The second kappa shape index (κ2) is 6.09. The van der Waals surface area contributed by atoms with Crippen LogP contribution in [0.3, 0.4) is 0 Å². The van der Waals surface area contributed by atoms with Crippen molar-refractivity contribution in [3.05, 3.63) is 47.8 Å². The van der Waals surface area contributed by atoms with Crippen LogP contribution in [0.1, 0.15) is 24.5 Å². The molecule has 1 heterocycles. The third kappa shape index (κ3) is 4.10. The molecule has 1 aromatic heterocycles. The Balaban J connectivity index is 1.92. The van der Waals surface area contributed by atoms with Gasteiger partial charge in [-0.25, -0.2) is 0 Å². The molecular formula is C16H23N3O. The molecule has 0 fully saturated rings. The first kappa shape index (κ1) is 14.6. The van der Waals surface area contributed by atoms with Crippen LogP contribution < -0.4 is 10.5 Å². The van der Waals surface area contributed by atoms with Crippen molar-refractivity contribution in [3.8, 4) is 5.75 Å². The summed E-state index contributed by atoms with van der Waals surface area (Å²) in [4.78, 5) is 0. The number of nitrogens with zero attached hydrogens (tertiary/aromatic N) is 2. The number of benzene rings is 1. The van der Waals surface area contributed by atoms with Crippen molar-refractivity contribution in [3.63, 3.8) is 0 Å². The van der Waals surface area contributed by atoms with Gasteiger partial charge in [-0.3, -0.25) is 4.68 Å². The zero-order chi connectivity index (χ0) is 14.6. The molecule has 0 aliphatic rings. The first-order chi connectivity index (χ1) is 9.48. The second-order valence-corrected chi connectivity index (χ2v) is 5.70. The summed E-state index contributed by atoms with van der Waals surface area (Å²) in [7, 11) is 3.61. The first-order valence-electron chi connectivity index (χ1n) is 6.88. The zero-order valence-electron chi connectivity index (χ0n) is 12.5. The van der Waals surface area contributed by atoms with Gasteiger partial charge in [0.25, 0.3) is 0 Å². The molecule has 0 aliphatic heterocycles. The van der Waals surface area contributed by atoms with Crippen LogP contribution in [0.4, 0.5) is 0 Å². The highest BCUT2D eigenvalue weighted by Gasteiger charge is 2.19. The molecule has 0 saturated heterocycles. The smallest absolute Gasteiger partial charge is 0.118 e. The van der Waals surface area contributed by atoms with Gasteiger partial charge in [0.05, 0.1) is 13.3 Å². The summed E-state index contributed by atoms with van der Waals surface area (Å²) in [6, 6.07) is 8.11. The molecule has 20 heavy (non-hydrogen) atoms. The van der Waals surface area contributed by atoms with Crippen molar-refractivity contribution < 1.29 is 4.74 Å². The van der Waals surface area contributed by atoms with Crippen molar-refractivity contribution in [2.45, 2.75) is 31.7 Å². The fourth-order valence-electron chi connectivity index (χ4n) is 2.33. The van der Waals surface area contributed by atoms with Crippen LogP contribution in [0.5, 0.6) is 5.75 Å². The van der Waals surface area contributed by atoms with Crippen molar-refractivity contribution in [1.29, 1.82) is 0 Å². The summed E-state index contributed by atoms with van der Waals surface area (Å²) in [5, 5.41) is 4.18. The van der Waals surface area contributed by atoms with Crippen LogP contribution in [0.2, 0.25) is 0 Å². The van der Waals surface area contributed by atoms with Gasteiger partial charge in [-0.15, -0.1) is 0 Å². The van der Waals surface area contributed by atoms with Crippen LogP contribution in [0.25, 0.3) is 0 Å². The quantitative estimate of drug-likeness (QED) is 0.878. The molecule has 1 atom stereocenters. The zero-order valence-corrected chi connectivity index (χ0v) is 12.5. The van der Waals surface area contributed by atoms with E-state index in [1.54, 1.807) is 7.11 Å². The Morgan fingerprint density at radius 1 is 1.25 bits per heavy atom. The highest BCUT2D eigenvalue weighted by atomic mass is 16.5. The lowest BCUT2D eigenvalue weighted by atomic mass is 9.88. The van der Waals surface area contributed by atoms with E-state index in [0.717, 1.165) is 25.0 Å². The number of nitrogens with two attached hydrogens (primary N) is 1. The molecule has 4 nitrogen and oxygen atoms in total. The van der Waals surface area contributed by atoms with Gasteiger partial charge in [0, 0.05) is 18.8 Å². The van der Waals surface area contributed by atoms with Gasteiger partial charge in [0.1, 0.15) is 5.75 Å². The van der Waals surface area contributed by atoms with Gasteiger partial charge < -0.3 is 10.5 Å². The van der Waals surface area contributed by atoms with Gasteiger partial charge in [0.15, 0.2) is 0 Å². The number of rotatable bonds is 6. The normalized spacial score (nSPS) is 14.0. The molecule has 0 bridgehead atoms. The van der Waals surface area contributed by atoms with E-state index in [4.69, 9.17) is 10.5 Å². The highest BCUT2D eigenvalue weighted by molar-refractivity contribution is 5.28. The number of hydrogen-bond donors (Lipinski definition) is 1. The molecule has 0 saturated carbocycles. The standard InChI is InChI=1S/C16H23N3O/c1-16(17,9-8-14-11-18-19(2)12-14)10-13-4-6-15(20-3)7-5-13/h4-7,11-12H,8-10,17H2,1-3H3. The van der Waals surface area contributed by atoms with E-state index in [9.17, 15) is 0 Å². The van der Waals surface area contributed by atoms with E-state index < -0.39 is 0 Å². The summed E-state index contributed by atoms with van der Waals surface area (Å²) < 4.78 is 6.99. The van der Waals surface area contributed by atoms with Gasteiger partial charge >= 0.3 is 0 Å². The Morgan fingerprint density at radius 2 is 1.95 bits per heavy atom. The third-order valence-corrected chi connectivity index (χ3v) is 3.51. The number of aromatic nitrogens is 2.